The smallest absolute Gasteiger partial charge is 0.257 e. The maximum Gasteiger partial charge on any atom is 0.257 e. The third kappa shape index (κ3) is 7.19. The molecule has 0 saturated heterocycles. The fraction of sp³-hybridized carbons (Fsp3) is 0.318. The van der Waals surface area contributed by atoms with Crippen LogP contribution in [0.25, 0.3) is 0 Å². The molecule has 29 heavy (non-hydrogen) atoms. The molecule has 6 nitrogen and oxygen atoms in total. The second kappa shape index (κ2) is 11.2. The fourth-order valence-electron chi connectivity index (χ4n) is 2.49. The highest BCUT2D eigenvalue weighted by molar-refractivity contribution is 7.80. The van der Waals surface area contributed by atoms with Crippen molar-refractivity contribution in [3.05, 3.63) is 59.7 Å². The Morgan fingerprint density at radius 3 is 2.38 bits per heavy atom. The number of anilines is 1. The van der Waals surface area contributed by atoms with E-state index in [0.29, 0.717) is 35.9 Å². The van der Waals surface area contributed by atoms with Crippen molar-refractivity contribution in [2.75, 3.05) is 18.5 Å². The van der Waals surface area contributed by atoms with Crippen molar-refractivity contribution < 1.29 is 14.3 Å². The van der Waals surface area contributed by atoms with Crippen LogP contribution in [0.2, 0.25) is 0 Å². The lowest BCUT2D eigenvalue weighted by Crippen LogP contribution is -2.35. The molecule has 0 fully saturated rings. The van der Waals surface area contributed by atoms with Crippen LogP contribution < -0.4 is 20.7 Å². The van der Waals surface area contributed by atoms with E-state index < -0.39 is 0 Å². The average molecular weight is 414 g/mol. The summed E-state index contributed by atoms with van der Waals surface area (Å²) in [4.78, 5) is 24.6. The Kier molecular flexibility index (Phi) is 8.61. The number of para-hydroxylation sites is 1. The maximum absolute atomic E-state index is 12.4. The Morgan fingerprint density at radius 2 is 1.72 bits per heavy atom. The summed E-state index contributed by atoms with van der Waals surface area (Å²) in [6.07, 6.45) is 0.972. The van der Waals surface area contributed by atoms with E-state index in [1.807, 2.05) is 6.92 Å². The monoisotopic (exact) mass is 413 g/mol. The Morgan fingerprint density at radius 1 is 1.03 bits per heavy atom. The van der Waals surface area contributed by atoms with Gasteiger partial charge in [0.15, 0.2) is 5.11 Å². The van der Waals surface area contributed by atoms with Gasteiger partial charge in [-0.15, -0.1) is 0 Å². The predicted octanol–water partition coefficient (Wildman–Crippen LogP) is 3.99. The van der Waals surface area contributed by atoms with E-state index in [2.05, 4.69) is 29.8 Å². The van der Waals surface area contributed by atoms with E-state index in [0.717, 1.165) is 12.2 Å². The third-order valence-electron chi connectivity index (χ3n) is 4.06. The number of thiocarbonyl (C=S) groups is 1. The molecule has 0 aromatic heterocycles. The van der Waals surface area contributed by atoms with Gasteiger partial charge in [-0.2, -0.15) is 0 Å². The standard InChI is InChI=1S/C22H27N3O3S/c1-4-23-21(27)18-7-5-6-8-19(18)24-22(29)25-20(26)16-9-11-17(12-10-16)28-14-13-15(2)3/h5-12,15H,4,13-14H2,1-3H3,(H,23,27)(H2,24,25,26,29). The highest BCUT2D eigenvalue weighted by atomic mass is 32.1. The number of rotatable bonds is 8. The van der Waals surface area contributed by atoms with E-state index in [4.69, 9.17) is 17.0 Å². The Labute approximate surface area is 177 Å². The van der Waals surface area contributed by atoms with Gasteiger partial charge in [-0.05, 0) is 67.9 Å². The largest absolute Gasteiger partial charge is 0.494 e. The van der Waals surface area contributed by atoms with Crippen molar-refractivity contribution in [2.24, 2.45) is 5.92 Å². The number of carbonyl (C=O) groups is 2. The molecule has 0 unspecified atom stereocenters. The normalized spacial score (nSPS) is 10.3. The van der Waals surface area contributed by atoms with Gasteiger partial charge in [0.05, 0.1) is 17.9 Å². The molecule has 0 atom stereocenters. The van der Waals surface area contributed by atoms with E-state index >= 15 is 0 Å². The van der Waals surface area contributed by atoms with Crippen LogP contribution in [0.1, 0.15) is 47.9 Å². The molecule has 2 rings (SSSR count). The van der Waals surface area contributed by atoms with Gasteiger partial charge in [0.1, 0.15) is 5.75 Å². The van der Waals surface area contributed by atoms with Gasteiger partial charge in [-0.1, -0.05) is 26.0 Å². The highest BCUT2D eigenvalue weighted by Gasteiger charge is 2.13. The predicted molar refractivity (Wildman–Crippen MR) is 120 cm³/mol. The number of hydrogen-bond donors (Lipinski definition) is 3. The van der Waals surface area contributed by atoms with Crippen LogP contribution in [0.4, 0.5) is 5.69 Å². The molecular formula is C22H27N3O3S. The molecule has 2 aromatic carbocycles. The summed E-state index contributed by atoms with van der Waals surface area (Å²) in [6, 6.07) is 13.9. The van der Waals surface area contributed by atoms with Crippen LogP contribution in [-0.2, 0) is 0 Å². The molecule has 3 N–H and O–H groups in total. The Hall–Kier alpha value is -2.93. The van der Waals surface area contributed by atoms with E-state index in [9.17, 15) is 9.59 Å². The molecular weight excluding hydrogens is 386 g/mol. The molecule has 0 radical (unpaired) electrons. The number of carbonyl (C=O) groups excluding carboxylic acids is 2. The van der Waals surface area contributed by atoms with Gasteiger partial charge < -0.3 is 15.4 Å². The van der Waals surface area contributed by atoms with Gasteiger partial charge in [0.2, 0.25) is 0 Å². The zero-order valence-corrected chi connectivity index (χ0v) is 17.8. The lowest BCUT2D eigenvalue weighted by molar-refractivity contribution is 0.0954. The van der Waals surface area contributed by atoms with Crippen molar-refractivity contribution in [3.8, 4) is 5.75 Å². The average Bonchev–Trinajstić information content (AvgIpc) is 2.68. The maximum atomic E-state index is 12.4. The van der Waals surface area contributed by atoms with Crippen molar-refractivity contribution in [1.29, 1.82) is 0 Å². The molecule has 7 heteroatoms. The second-order valence-electron chi connectivity index (χ2n) is 6.87. The Balaban J connectivity index is 1.94. The summed E-state index contributed by atoms with van der Waals surface area (Å²) >= 11 is 5.23. The minimum Gasteiger partial charge on any atom is -0.494 e. The van der Waals surface area contributed by atoms with Crippen molar-refractivity contribution in [1.82, 2.24) is 10.6 Å². The topological polar surface area (TPSA) is 79.5 Å². The molecule has 2 amide bonds. The van der Waals surface area contributed by atoms with E-state index in [-0.39, 0.29) is 16.9 Å². The van der Waals surface area contributed by atoms with Crippen molar-refractivity contribution in [2.45, 2.75) is 27.2 Å². The van der Waals surface area contributed by atoms with Crippen LogP contribution in [-0.4, -0.2) is 30.1 Å². The lowest BCUT2D eigenvalue weighted by atomic mass is 10.1. The number of ether oxygens (including phenoxy) is 1. The molecule has 0 saturated carbocycles. The summed E-state index contributed by atoms with van der Waals surface area (Å²) in [6.45, 7) is 7.29. The first-order valence-corrected chi connectivity index (χ1v) is 10.0. The molecule has 0 aliphatic carbocycles. The first kappa shape index (κ1) is 22.4. The van der Waals surface area contributed by atoms with Crippen molar-refractivity contribution in [3.63, 3.8) is 0 Å². The lowest BCUT2D eigenvalue weighted by Gasteiger charge is -2.13. The summed E-state index contributed by atoms with van der Waals surface area (Å²) in [5.41, 5.74) is 1.44. The van der Waals surface area contributed by atoms with Crippen LogP contribution in [0.15, 0.2) is 48.5 Å². The third-order valence-corrected chi connectivity index (χ3v) is 4.27. The number of hydrogen-bond acceptors (Lipinski definition) is 4. The van der Waals surface area contributed by atoms with Crippen molar-refractivity contribution >= 4 is 34.8 Å². The first-order valence-electron chi connectivity index (χ1n) is 9.63. The quantitative estimate of drug-likeness (QED) is 0.571. The fourth-order valence-corrected chi connectivity index (χ4v) is 2.69. The molecule has 154 valence electrons. The molecule has 2 aromatic rings. The summed E-state index contributed by atoms with van der Waals surface area (Å²) in [7, 11) is 0. The van der Waals surface area contributed by atoms with E-state index in [1.165, 1.54) is 0 Å². The summed E-state index contributed by atoms with van der Waals surface area (Å²) < 4.78 is 5.66. The van der Waals surface area contributed by atoms with Crippen LogP contribution in [0.5, 0.6) is 5.75 Å². The zero-order valence-electron chi connectivity index (χ0n) is 17.0. The van der Waals surface area contributed by atoms with E-state index in [1.54, 1.807) is 48.5 Å². The second-order valence-corrected chi connectivity index (χ2v) is 7.28. The molecule has 0 aliphatic rings. The zero-order chi connectivity index (χ0) is 21.2. The van der Waals surface area contributed by atoms with Crippen LogP contribution >= 0.6 is 12.2 Å². The summed E-state index contributed by atoms with van der Waals surface area (Å²) in [5, 5.41) is 8.40. The van der Waals surface area contributed by atoms with Crippen LogP contribution in [0.3, 0.4) is 0 Å². The Bertz CT molecular complexity index is 851. The molecule has 0 aliphatic heterocycles. The highest BCUT2D eigenvalue weighted by Crippen LogP contribution is 2.16. The molecule has 0 bridgehead atoms. The molecule has 0 spiro atoms. The SMILES string of the molecule is CCNC(=O)c1ccccc1NC(=S)NC(=O)c1ccc(OCCC(C)C)cc1. The van der Waals surface area contributed by atoms with Gasteiger partial charge in [-0.25, -0.2) is 0 Å². The first-order chi connectivity index (χ1) is 13.9. The minimum absolute atomic E-state index is 0.115. The van der Waals surface area contributed by atoms with Crippen LogP contribution in [0, 0.1) is 5.92 Å². The van der Waals surface area contributed by atoms with Gasteiger partial charge >= 0.3 is 0 Å². The minimum atomic E-state index is -0.341. The number of nitrogens with one attached hydrogen (secondary N) is 3. The van der Waals surface area contributed by atoms with Gasteiger partial charge in [0, 0.05) is 12.1 Å². The number of benzene rings is 2. The van der Waals surface area contributed by atoms with Gasteiger partial charge in [-0.3, -0.25) is 14.9 Å². The van der Waals surface area contributed by atoms with Gasteiger partial charge in [0.25, 0.3) is 11.8 Å². The summed E-state index contributed by atoms with van der Waals surface area (Å²) in [5.74, 6) is 0.745. The molecule has 0 heterocycles. The number of amides is 2.